The smallest absolute Gasteiger partial charge is 0.129 e. The molecule has 0 bridgehead atoms. The first-order valence-corrected chi connectivity index (χ1v) is 8.84. The molecule has 1 aliphatic carbocycles. The van der Waals surface area contributed by atoms with Crippen LogP contribution in [-0.4, -0.2) is 16.7 Å². The zero-order valence-corrected chi connectivity index (χ0v) is 14.5. The van der Waals surface area contributed by atoms with Crippen molar-refractivity contribution in [3.8, 4) is 27.6 Å². The summed E-state index contributed by atoms with van der Waals surface area (Å²) in [6.45, 7) is 4.41. The lowest BCUT2D eigenvalue weighted by atomic mass is 10.2. The van der Waals surface area contributed by atoms with Crippen molar-refractivity contribution in [2.24, 2.45) is 0 Å². The van der Waals surface area contributed by atoms with E-state index in [-0.39, 0.29) is 0 Å². The summed E-state index contributed by atoms with van der Waals surface area (Å²) in [5.41, 5.74) is 6.05. The summed E-state index contributed by atoms with van der Waals surface area (Å²) in [7, 11) is 1.70. The Bertz CT molecular complexity index is 858. The predicted molar refractivity (Wildman–Crippen MR) is 95.3 cm³/mol. The van der Waals surface area contributed by atoms with Crippen LogP contribution in [0.25, 0.3) is 21.8 Å². The van der Waals surface area contributed by atoms with E-state index >= 15 is 0 Å². The van der Waals surface area contributed by atoms with Gasteiger partial charge in [0, 0.05) is 28.4 Å². The lowest BCUT2D eigenvalue weighted by molar-refractivity contribution is 0.416. The normalized spacial score (nSPS) is 14.2. The largest absolute Gasteiger partial charge is 0.496 e. The molecule has 0 aliphatic heterocycles. The number of nitrogens with zero attached hydrogens (tertiary/aromatic N) is 2. The molecule has 118 valence electrons. The molecule has 2 heterocycles. The number of hydrogen-bond acceptors (Lipinski definition) is 3. The first-order valence-electron chi connectivity index (χ1n) is 7.96. The number of para-hydroxylation sites is 1. The predicted octanol–water partition coefficient (Wildman–Crippen LogP) is 5.24. The van der Waals surface area contributed by atoms with Crippen molar-refractivity contribution in [2.75, 3.05) is 7.11 Å². The van der Waals surface area contributed by atoms with Gasteiger partial charge in [0.2, 0.25) is 0 Å². The SMILES string of the molecule is COc1ccccc1-c1nc(-c2cc(C)n(C3CC3)c2C)cs1. The molecular formula is C19H20N2OS. The van der Waals surface area contributed by atoms with Crippen LogP contribution in [0.2, 0.25) is 0 Å². The first-order chi connectivity index (χ1) is 11.2. The summed E-state index contributed by atoms with van der Waals surface area (Å²) in [5.74, 6) is 0.872. The van der Waals surface area contributed by atoms with E-state index in [1.54, 1.807) is 18.4 Å². The average Bonchev–Trinajstić information content (AvgIpc) is 3.19. The van der Waals surface area contributed by atoms with Crippen LogP contribution >= 0.6 is 11.3 Å². The standard InChI is InChI=1S/C19H20N2OS/c1-12-10-16(13(2)21(12)14-8-9-14)17-11-23-19(20-17)15-6-4-5-7-18(15)22-3/h4-7,10-11,14H,8-9H2,1-3H3. The van der Waals surface area contributed by atoms with Gasteiger partial charge in [0.1, 0.15) is 10.8 Å². The van der Waals surface area contributed by atoms with E-state index < -0.39 is 0 Å². The zero-order valence-electron chi connectivity index (χ0n) is 13.7. The fourth-order valence-corrected chi connectivity index (χ4v) is 4.12. The highest BCUT2D eigenvalue weighted by Crippen LogP contribution is 2.41. The summed E-state index contributed by atoms with van der Waals surface area (Å²) >= 11 is 1.67. The quantitative estimate of drug-likeness (QED) is 0.656. The van der Waals surface area contributed by atoms with Gasteiger partial charge in [0.15, 0.2) is 0 Å². The van der Waals surface area contributed by atoms with Crippen LogP contribution < -0.4 is 4.74 Å². The van der Waals surface area contributed by atoms with Crippen LogP contribution in [0.5, 0.6) is 5.75 Å². The highest BCUT2D eigenvalue weighted by atomic mass is 32.1. The van der Waals surface area contributed by atoms with Crippen molar-refractivity contribution in [3.63, 3.8) is 0 Å². The molecule has 1 aromatic carbocycles. The Balaban J connectivity index is 1.75. The summed E-state index contributed by atoms with van der Waals surface area (Å²) < 4.78 is 7.93. The molecule has 0 radical (unpaired) electrons. The molecular weight excluding hydrogens is 304 g/mol. The third-order valence-corrected chi connectivity index (χ3v) is 5.39. The second-order valence-corrected chi connectivity index (χ2v) is 6.98. The molecule has 1 fully saturated rings. The van der Waals surface area contributed by atoms with Crippen molar-refractivity contribution in [3.05, 3.63) is 47.1 Å². The summed E-state index contributed by atoms with van der Waals surface area (Å²) in [6.07, 6.45) is 2.61. The van der Waals surface area contributed by atoms with E-state index in [2.05, 4.69) is 35.9 Å². The van der Waals surface area contributed by atoms with Gasteiger partial charge in [-0.15, -0.1) is 11.3 Å². The second kappa shape index (κ2) is 5.53. The van der Waals surface area contributed by atoms with Gasteiger partial charge >= 0.3 is 0 Å². The topological polar surface area (TPSA) is 27.1 Å². The maximum Gasteiger partial charge on any atom is 0.129 e. The number of aromatic nitrogens is 2. The zero-order chi connectivity index (χ0) is 16.0. The number of thiazole rings is 1. The minimum atomic E-state index is 0.705. The van der Waals surface area contributed by atoms with Gasteiger partial charge in [0.25, 0.3) is 0 Å². The minimum Gasteiger partial charge on any atom is -0.496 e. The Morgan fingerprint density at radius 3 is 2.70 bits per heavy atom. The van der Waals surface area contributed by atoms with Gasteiger partial charge in [-0.05, 0) is 44.9 Å². The van der Waals surface area contributed by atoms with Gasteiger partial charge in [-0.25, -0.2) is 4.98 Å². The van der Waals surface area contributed by atoms with Crippen molar-refractivity contribution in [1.82, 2.24) is 9.55 Å². The van der Waals surface area contributed by atoms with Crippen LogP contribution in [0.4, 0.5) is 0 Å². The van der Waals surface area contributed by atoms with Gasteiger partial charge in [-0.3, -0.25) is 0 Å². The molecule has 0 saturated heterocycles. The molecule has 23 heavy (non-hydrogen) atoms. The maximum atomic E-state index is 5.46. The van der Waals surface area contributed by atoms with Crippen molar-refractivity contribution < 1.29 is 4.74 Å². The highest BCUT2D eigenvalue weighted by molar-refractivity contribution is 7.13. The van der Waals surface area contributed by atoms with Crippen LogP contribution in [0, 0.1) is 13.8 Å². The maximum absolute atomic E-state index is 5.46. The van der Waals surface area contributed by atoms with Crippen LogP contribution in [-0.2, 0) is 0 Å². The van der Waals surface area contributed by atoms with Crippen molar-refractivity contribution in [1.29, 1.82) is 0 Å². The number of methoxy groups -OCH3 is 1. The fourth-order valence-electron chi connectivity index (χ4n) is 3.27. The summed E-state index contributed by atoms with van der Waals surface area (Å²) in [5, 5.41) is 3.16. The summed E-state index contributed by atoms with van der Waals surface area (Å²) in [6, 6.07) is 11.0. The Labute approximate surface area is 140 Å². The van der Waals surface area contributed by atoms with E-state index in [0.29, 0.717) is 6.04 Å². The van der Waals surface area contributed by atoms with E-state index in [4.69, 9.17) is 9.72 Å². The molecule has 3 aromatic rings. The third kappa shape index (κ3) is 2.47. The Kier molecular flexibility index (Phi) is 3.49. The number of rotatable bonds is 4. The molecule has 2 aromatic heterocycles. The Morgan fingerprint density at radius 2 is 1.96 bits per heavy atom. The van der Waals surface area contributed by atoms with Crippen LogP contribution in [0.3, 0.4) is 0 Å². The van der Waals surface area contributed by atoms with Gasteiger partial charge in [-0.2, -0.15) is 0 Å². The van der Waals surface area contributed by atoms with Crippen molar-refractivity contribution in [2.45, 2.75) is 32.7 Å². The molecule has 1 aliphatic rings. The molecule has 3 nitrogen and oxygen atoms in total. The van der Waals surface area contributed by atoms with Crippen LogP contribution in [0.15, 0.2) is 35.7 Å². The lowest BCUT2D eigenvalue weighted by Crippen LogP contribution is -1.98. The van der Waals surface area contributed by atoms with Crippen LogP contribution in [0.1, 0.15) is 30.3 Å². The minimum absolute atomic E-state index is 0.705. The monoisotopic (exact) mass is 324 g/mol. The first kappa shape index (κ1) is 14.5. The lowest BCUT2D eigenvalue weighted by Gasteiger charge is -2.07. The third-order valence-electron chi connectivity index (χ3n) is 4.51. The summed E-state index contributed by atoms with van der Waals surface area (Å²) in [4.78, 5) is 4.88. The van der Waals surface area contributed by atoms with E-state index in [1.165, 1.54) is 29.8 Å². The number of ether oxygens (including phenoxy) is 1. The molecule has 0 amide bonds. The number of aryl methyl sites for hydroxylation is 1. The molecule has 0 spiro atoms. The van der Waals surface area contributed by atoms with Gasteiger partial charge < -0.3 is 9.30 Å². The molecule has 4 heteroatoms. The Hall–Kier alpha value is -2.07. The molecule has 0 unspecified atom stereocenters. The highest BCUT2D eigenvalue weighted by Gasteiger charge is 2.27. The van der Waals surface area contributed by atoms with E-state index in [0.717, 1.165) is 22.0 Å². The fraction of sp³-hybridized carbons (Fsp3) is 0.316. The van der Waals surface area contributed by atoms with E-state index in [1.807, 2.05) is 18.2 Å². The van der Waals surface area contributed by atoms with E-state index in [9.17, 15) is 0 Å². The van der Waals surface area contributed by atoms with Gasteiger partial charge in [0.05, 0.1) is 18.4 Å². The molecule has 0 N–H and O–H groups in total. The molecule has 4 rings (SSSR count). The number of hydrogen-bond donors (Lipinski definition) is 0. The second-order valence-electron chi connectivity index (χ2n) is 6.12. The number of benzene rings is 1. The van der Waals surface area contributed by atoms with Gasteiger partial charge in [-0.1, -0.05) is 12.1 Å². The molecule has 1 saturated carbocycles. The Morgan fingerprint density at radius 1 is 1.17 bits per heavy atom. The average molecular weight is 324 g/mol. The molecule has 0 atom stereocenters. The van der Waals surface area contributed by atoms with Crippen molar-refractivity contribution >= 4 is 11.3 Å².